The van der Waals surface area contributed by atoms with Gasteiger partial charge in [-0.1, -0.05) is 6.07 Å². The lowest BCUT2D eigenvalue weighted by Crippen LogP contribution is -2.28. The first-order valence-electron chi connectivity index (χ1n) is 5.55. The van der Waals surface area contributed by atoms with E-state index in [1.165, 1.54) is 12.4 Å². The zero-order chi connectivity index (χ0) is 13.7. The number of aromatic amines is 1. The molecule has 7 nitrogen and oxygen atoms in total. The molecule has 102 valence electrons. The SMILES string of the molecule is Nc1cccc(OCCNS(=O)(=O)c2cn[nH]c2)c1. The van der Waals surface area contributed by atoms with Gasteiger partial charge in [0.15, 0.2) is 0 Å². The Hall–Kier alpha value is -2.06. The first-order valence-corrected chi connectivity index (χ1v) is 7.03. The van der Waals surface area contributed by atoms with Crippen LogP contribution in [0.25, 0.3) is 0 Å². The summed E-state index contributed by atoms with van der Waals surface area (Å²) >= 11 is 0. The number of ether oxygens (including phenoxy) is 1. The van der Waals surface area contributed by atoms with Crippen molar-refractivity contribution in [2.75, 3.05) is 18.9 Å². The summed E-state index contributed by atoms with van der Waals surface area (Å²) in [5.41, 5.74) is 6.19. The minimum atomic E-state index is -3.53. The number of nitrogens with zero attached hydrogens (tertiary/aromatic N) is 1. The molecule has 1 aromatic heterocycles. The van der Waals surface area contributed by atoms with Crippen LogP contribution in [0.2, 0.25) is 0 Å². The van der Waals surface area contributed by atoms with Gasteiger partial charge in [-0.25, -0.2) is 13.1 Å². The molecule has 0 bridgehead atoms. The average Bonchev–Trinajstić information content (AvgIpc) is 2.89. The van der Waals surface area contributed by atoms with Crippen LogP contribution in [0.4, 0.5) is 5.69 Å². The van der Waals surface area contributed by atoms with Crippen LogP contribution in [0.3, 0.4) is 0 Å². The molecule has 2 rings (SSSR count). The van der Waals surface area contributed by atoms with E-state index in [9.17, 15) is 8.42 Å². The number of sulfonamides is 1. The van der Waals surface area contributed by atoms with E-state index in [-0.39, 0.29) is 18.0 Å². The molecule has 4 N–H and O–H groups in total. The van der Waals surface area contributed by atoms with Gasteiger partial charge in [-0.15, -0.1) is 0 Å². The van der Waals surface area contributed by atoms with E-state index in [4.69, 9.17) is 10.5 Å². The summed E-state index contributed by atoms with van der Waals surface area (Å²) in [6.45, 7) is 0.364. The molecule has 0 spiro atoms. The lowest BCUT2D eigenvalue weighted by Gasteiger charge is -2.07. The van der Waals surface area contributed by atoms with Gasteiger partial charge in [0.25, 0.3) is 0 Å². The minimum absolute atomic E-state index is 0.0939. The van der Waals surface area contributed by atoms with E-state index in [1.54, 1.807) is 24.3 Å². The van der Waals surface area contributed by atoms with E-state index >= 15 is 0 Å². The topological polar surface area (TPSA) is 110 Å². The lowest BCUT2D eigenvalue weighted by molar-refractivity contribution is 0.323. The predicted molar refractivity (Wildman–Crippen MR) is 70.1 cm³/mol. The predicted octanol–water partition coefficient (Wildman–Crippen LogP) is 0.349. The number of rotatable bonds is 6. The fraction of sp³-hybridized carbons (Fsp3) is 0.182. The Balaban J connectivity index is 1.81. The van der Waals surface area contributed by atoms with Gasteiger partial charge in [0.1, 0.15) is 17.3 Å². The van der Waals surface area contributed by atoms with Gasteiger partial charge in [0.05, 0.1) is 6.20 Å². The highest BCUT2D eigenvalue weighted by atomic mass is 32.2. The Morgan fingerprint density at radius 3 is 2.95 bits per heavy atom. The molecule has 0 atom stereocenters. The zero-order valence-electron chi connectivity index (χ0n) is 10.0. The number of nitrogen functional groups attached to an aromatic ring is 1. The molecular formula is C11H14N4O3S. The summed E-state index contributed by atoms with van der Waals surface area (Å²) in [7, 11) is -3.53. The molecule has 2 aromatic rings. The van der Waals surface area contributed by atoms with E-state index < -0.39 is 10.0 Å². The van der Waals surface area contributed by atoms with Crippen LogP contribution in [-0.2, 0) is 10.0 Å². The van der Waals surface area contributed by atoms with Crippen LogP contribution in [0.15, 0.2) is 41.6 Å². The quantitative estimate of drug-likeness (QED) is 0.523. The summed E-state index contributed by atoms with van der Waals surface area (Å²) in [5, 5.41) is 6.03. The van der Waals surface area contributed by atoms with Crippen LogP contribution in [0.1, 0.15) is 0 Å². The summed E-state index contributed by atoms with van der Waals surface area (Å²) in [5.74, 6) is 0.600. The number of aromatic nitrogens is 2. The molecule has 0 fully saturated rings. The molecule has 1 aromatic carbocycles. The van der Waals surface area contributed by atoms with Crippen molar-refractivity contribution < 1.29 is 13.2 Å². The maximum Gasteiger partial charge on any atom is 0.243 e. The van der Waals surface area contributed by atoms with Gasteiger partial charge < -0.3 is 10.5 Å². The third-order valence-electron chi connectivity index (χ3n) is 2.30. The fourth-order valence-corrected chi connectivity index (χ4v) is 2.34. The van der Waals surface area contributed by atoms with Gasteiger partial charge in [-0.05, 0) is 12.1 Å². The zero-order valence-corrected chi connectivity index (χ0v) is 10.9. The Morgan fingerprint density at radius 1 is 1.42 bits per heavy atom. The third kappa shape index (κ3) is 3.70. The van der Waals surface area contributed by atoms with Crippen LogP contribution < -0.4 is 15.2 Å². The highest BCUT2D eigenvalue weighted by Crippen LogP contribution is 2.14. The molecule has 0 radical (unpaired) electrons. The molecule has 1 heterocycles. The van der Waals surface area contributed by atoms with Crippen LogP contribution in [0.5, 0.6) is 5.75 Å². The largest absolute Gasteiger partial charge is 0.492 e. The normalized spacial score (nSPS) is 11.4. The van der Waals surface area contributed by atoms with E-state index in [2.05, 4.69) is 14.9 Å². The smallest absolute Gasteiger partial charge is 0.243 e. The van der Waals surface area contributed by atoms with Crippen molar-refractivity contribution in [1.29, 1.82) is 0 Å². The van der Waals surface area contributed by atoms with Crippen molar-refractivity contribution in [2.45, 2.75) is 4.90 Å². The summed E-state index contributed by atoms with van der Waals surface area (Å²) < 4.78 is 31.2. The molecule has 8 heteroatoms. The minimum Gasteiger partial charge on any atom is -0.492 e. The molecule has 0 amide bonds. The molecule has 19 heavy (non-hydrogen) atoms. The maximum absolute atomic E-state index is 11.7. The molecule has 0 aliphatic rings. The van der Waals surface area contributed by atoms with Gasteiger partial charge in [0.2, 0.25) is 10.0 Å². The van der Waals surface area contributed by atoms with Crippen molar-refractivity contribution in [3.63, 3.8) is 0 Å². The van der Waals surface area contributed by atoms with Crippen LogP contribution in [-0.4, -0.2) is 31.8 Å². The Labute approximate surface area is 110 Å². The molecular weight excluding hydrogens is 268 g/mol. The number of benzene rings is 1. The Bertz CT molecular complexity index is 625. The maximum atomic E-state index is 11.7. The van der Waals surface area contributed by atoms with E-state index in [1.807, 2.05) is 0 Å². The number of hydrogen-bond donors (Lipinski definition) is 3. The van der Waals surface area contributed by atoms with Gasteiger partial charge in [0, 0.05) is 24.5 Å². The van der Waals surface area contributed by atoms with Gasteiger partial charge >= 0.3 is 0 Å². The van der Waals surface area contributed by atoms with Gasteiger partial charge in [-0.2, -0.15) is 5.10 Å². The van der Waals surface area contributed by atoms with Crippen LogP contribution >= 0.6 is 0 Å². The third-order valence-corrected chi connectivity index (χ3v) is 3.73. The first-order chi connectivity index (χ1) is 9.08. The number of hydrogen-bond acceptors (Lipinski definition) is 5. The summed E-state index contributed by atoms with van der Waals surface area (Å²) in [4.78, 5) is 0.0939. The number of nitrogens with two attached hydrogens (primary N) is 1. The van der Waals surface area contributed by atoms with E-state index in [0.717, 1.165) is 0 Å². The monoisotopic (exact) mass is 282 g/mol. The van der Waals surface area contributed by atoms with Crippen molar-refractivity contribution in [3.05, 3.63) is 36.7 Å². The van der Waals surface area contributed by atoms with Crippen LogP contribution in [0, 0.1) is 0 Å². The highest BCUT2D eigenvalue weighted by molar-refractivity contribution is 7.89. The second-order valence-electron chi connectivity index (χ2n) is 3.75. The van der Waals surface area contributed by atoms with E-state index in [0.29, 0.717) is 11.4 Å². The lowest BCUT2D eigenvalue weighted by atomic mass is 10.3. The van der Waals surface area contributed by atoms with Crippen molar-refractivity contribution in [1.82, 2.24) is 14.9 Å². The molecule has 0 unspecified atom stereocenters. The second kappa shape index (κ2) is 5.72. The molecule has 0 aliphatic heterocycles. The fourth-order valence-electron chi connectivity index (χ4n) is 1.42. The molecule has 0 saturated heterocycles. The van der Waals surface area contributed by atoms with Crippen molar-refractivity contribution in [2.24, 2.45) is 0 Å². The van der Waals surface area contributed by atoms with Crippen molar-refractivity contribution in [3.8, 4) is 5.75 Å². The standard InChI is InChI=1S/C11H14N4O3S/c12-9-2-1-3-10(6-9)18-5-4-15-19(16,17)11-7-13-14-8-11/h1-3,6-8,15H,4-5,12H2,(H,13,14). The summed E-state index contributed by atoms with van der Waals surface area (Å²) in [6.07, 6.45) is 2.54. The summed E-state index contributed by atoms with van der Waals surface area (Å²) in [6, 6.07) is 6.93. The number of H-pyrrole nitrogens is 1. The van der Waals surface area contributed by atoms with Crippen molar-refractivity contribution >= 4 is 15.7 Å². The second-order valence-corrected chi connectivity index (χ2v) is 5.52. The number of anilines is 1. The molecule has 0 saturated carbocycles. The number of nitrogens with one attached hydrogen (secondary N) is 2. The average molecular weight is 282 g/mol. The first kappa shape index (κ1) is 13.4. The highest BCUT2D eigenvalue weighted by Gasteiger charge is 2.13. The Morgan fingerprint density at radius 2 is 2.26 bits per heavy atom. The van der Waals surface area contributed by atoms with Gasteiger partial charge in [-0.3, -0.25) is 5.10 Å². The Kier molecular flexibility index (Phi) is 4.03. The molecule has 0 aliphatic carbocycles.